The lowest BCUT2D eigenvalue weighted by molar-refractivity contribution is -0.144. The molecular formula is C5H11NO4. The first-order chi connectivity index (χ1) is 4.66. The van der Waals surface area contributed by atoms with E-state index in [1.807, 2.05) is 0 Å². The van der Waals surface area contributed by atoms with Crippen molar-refractivity contribution in [1.82, 2.24) is 0 Å². The molecule has 0 saturated heterocycles. The normalized spacial score (nSPS) is 10.0. The molecule has 0 aliphatic rings. The van der Waals surface area contributed by atoms with Crippen LogP contribution in [0.4, 0.5) is 0 Å². The smallest absolute Gasteiger partial charge is 0.319 e. The summed E-state index contributed by atoms with van der Waals surface area (Å²) in [6, 6.07) is 0. The molecule has 0 aromatic heterocycles. The molecule has 0 bridgehead atoms. The topological polar surface area (TPSA) is 92.8 Å². The van der Waals surface area contributed by atoms with Crippen LogP contribution in [0.25, 0.3) is 0 Å². The fraction of sp³-hybridized carbons (Fsp3) is 0.800. The number of nitrogens with two attached hydrogens (primary N) is 1. The molecule has 0 aliphatic heterocycles. The highest BCUT2D eigenvalue weighted by atomic mass is 16.5. The van der Waals surface area contributed by atoms with Gasteiger partial charge in [0.15, 0.2) is 6.29 Å². The molecule has 10 heavy (non-hydrogen) atoms. The lowest BCUT2D eigenvalue weighted by atomic mass is 10.4. The molecule has 0 rings (SSSR count). The van der Waals surface area contributed by atoms with E-state index < -0.39 is 12.3 Å². The van der Waals surface area contributed by atoms with Crippen LogP contribution in [0.5, 0.6) is 0 Å². The summed E-state index contributed by atoms with van der Waals surface area (Å²) in [5, 5.41) is 16.5. The monoisotopic (exact) mass is 149 g/mol. The van der Waals surface area contributed by atoms with E-state index in [-0.39, 0.29) is 19.6 Å². The van der Waals surface area contributed by atoms with Crippen LogP contribution in [0.15, 0.2) is 0 Å². The lowest BCUT2D eigenvalue weighted by Gasteiger charge is -2.03. The Balaban J connectivity index is 3.12. The number of aliphatic hydroxyl groups excluding tert-OH is 1. The third-order valence-corrected chi connectivity index (χ3v) is 0.806. The van der Waals surface area contributed by atoms with Crippen molar-refractivity contribution in [1.29, 1.82) is 0 Å². The maximum absolute atomic E-state index is 10.3. The quantitative estimate of drug-likeness (QED) is 0.323. The second-order valence-corrected chi connectivity index (χ2v) is 1.69. The molecule has 0 aliphatic carbocycles. The van der Waals surface area contributed by atoms with Gasteiger partial charge in [-0.25, -0.2) is 0 Å². The molecule has 5 nitrogen and oxygen atoms in total. The van der Waals surface area contributed by atoms with E-state index in [1.165, 1.54) is 0 Å². The summed E-state index contributed by atoms with van der Waals surface area (Å²) in [5.74, 6) is -0.541. The SMILES string of the molecule is NCC(=O)OCCC(O)O. The van der Waals surface area contributed by atoms with Gasteiger partial charge in [0.05, 0.1) is 13.2 Å². The molecule has 60 valence electrons. The zero-order valence-electron chi connectivity index (χ0n) is 5.49. The van der Waals surface area contributed by atoms with Gasteiger partial charge >= 0.3 is 5.97 Å². The molecule has 0 saturated carbocycles. The maximum atomic E-state index is 10.3. The average molecular weight is 149 g/mol. The van der Waals surface area contributed by atoms with Crippen LogP contribution in [0, 0.1) is 0 Å². The number of ether oxygens (including phenoxy) is 1. The van der Waals surface area contributed by atoms with Gasteiger partial charge < -0.3 is 20.7 Å². The zero-order valence-corrected chi connectivity index (χ0v) is 5.49. The Morgan fingerprint density at radius 1 is 1.60 bits per heavy atom. The Morgan fingerprint density at radius 2 is 2.20 bits per heavy atom. The largest absolute Gasteiger partial charge is 0.465 e. The molecule has 0 atom stereocenters. The summed E-state index contributed by atoms with van der Waals surface area (Å²) in [7, 11) is 0. The van der Waals surface area contributed by atoms with Gasteiger partial charge in [0, 0.05) is 6.42 Å². The van der Waals surface area contributed by atoms with Crippen molar-refractivity contribution in [2.75, 3.05) is 13.2 Å². The second-order valence-electron chi connectivity index (χ2n) is 1.69. The minimum Gasteiger partial charge on any atom is -0.465 e. The lowest BCUT2D eigenvalue weighted by Crippen LogP contribution is -2.19. The van der Waals surface area contributed by atoms with Crippen LogP contribution in [0.2, 0.25) is 0 Å². The molecule has 0 amide bonds. The van der Waals surface area contributed by atoms with Crippen LogP contribution in [0.3, 0.4) is 0 Å². The zero-order chi connectivity index (χ0) is 7.98. The van der Waals surface area contributed by atoms with Gasteiger partial charge in [0.1, 0.15) is 0 Å². The first-order valence-electron chi connectivity index (χ1n) is 2.88. The second kappa shape index (κ2) is 5.16. The van der Waals surface area contributed by atoms with E-state index in [0.29, 0.717) is 0 Å². The Kier molecular flexibility index (Phi) is 4.82. The van der Waals surface area contributed by atoms with E-state index in [4.69, 9.17) is 15.9 Å². The molecule has 0 fully saturated rings. The molecule has 0 unspecified atom stereocenters. The number of aliphatic hydroxyl groups is 2. The predicted molar refractivity (Wildman–Crippen MR) is 32.9 cm³/mol. The maximum Gasteiger partial charge on any atom is 0.319 e. The number of rotatable bonds is 4. The summed E-state index contributed by atoms with van der Waals surface area (Å²) >= 11 is 0. The molecule has 0 spiro atoms. The van der Waals surface area contributed by atoms with Crippen molar-refractivity contribution in [3.8, 4) is 0 Å². The summed E-state index contributed by atoms with van der Waals surface area (Å²) in [6.07, 6.45) is -1.41. The fourth-order valence-electron chi connectivity index (χ4n) is 0.337. The third kappa shape index (κ3) is 5.49. The Hall–Kier alpha value is -0.650. The number of carbonyl (C=O) groups is 1. The van der Waals surface area contributed by atoms with E-state index in [9.17, 15) is 4.79 Å². The van der Waals surface area contributed by atoms with Gasteiger partial charge in [-0.1, -0.05) is 0 Å². The number of hydrogen-bond acceptors (Lipinski definition) is 5. The Bertz CT molecular complexity index is 104. The van der Waals surface area contributed by atoms with Crippen molar-refractivity contribution in [3.05, 3.63) is 0 Å². The highest BCUT2D eigenvalue weighted by molar-refractivity contribution is 5.71. The van der Waals surface area contributed by atoms with Gasteiger partial charge in [-0.05, 0) is 0 Å². The number of carbonyl (C=O) groups excluding carboxylic acids is 1. The molecule has 0 aromatic carbocycles. The number of esters is 1. The number of hydrogen-bond donors (Lipinski definition) is 3. The van der Waals surface area contributed by atoms with E-state index in [2.05, 4.69) is 4.74 Å². The van der Waals surface area contributed by atoms with Crippen LogP contribution in [-0.4, -0.2) is 35.6 Å². The van der Waals surface area contributed by atoms with Gasteiger partial charge in [-0.3, -0.25) is 4.79 Å². The molecule has 0 heterocycles. The predicted octanol–water partition coefficient (Wildman–Crippen LogP) is -1.81. The van der Waals surface area contributed by atoms with Crippen LogP contribution >= 0.6 is 0 Å². The van der Waals surface area contributed by atoms with Crippen molar-refractivity contribution in [2.45, 2.75) is 12.7 Å². The van der Waals surface area contributed by atoms with Crippen molar-refractivity contribution in [3.63, 3.8) is 0 Å². The highest BCUT2D eigenvalue weighted by Gasteiger charge is 2.00. The fourth-order valence-corrected chi connectivity index (χ4v) is 0.337. The van der Waals surface area contributed by atoms with E-state index >= 15 is 0 Å². The van der Waals surface area contributed by atoms with E-state index in [1.54, 1.807) is 0 Å². The standard InChI is InChI=1S/C5H11NO4/c6-3-5(9)10-2-1-4(7)8/h4,7-8H,1-3,6H2. The van der Waals surface area contributed by atoms with Crippen molar-refractivity contribution < 1.29 is 19.7 Å². The minimum atomic E-state index is -1.43. The van der Waals surface area contributed by atoms with Crippen LogP contribution < -0.4 is 5.73 Å². The first-order valence-corrected chi connectivity index (χ1v) is 2.88. The van der Waals surface area contributed by atoms with Gasteiger partial charge in [0.2, 0.25) is 0 Å². The van der Waals surface area contributed by atoms with Crippen LogP contribution in [0.1, 0.15) is 6.42 Å². The van der Waals surface area contributed by atoms with Crippen molar-refractivity contribution >= 4 is 5.97 Å². The third-order valence-electron chi connectivity index (χ3n) is 0.806. The minimum absolute atomic E-state index is 0.00625. The summed E-state index contributed by atoms with van der Waals surface area (Å²) in [5.41, 5.74) is 4.89. The molecule has 4 N–H and O–H groups in total. The van der Waals surface area contributed by atoms with Gasteiger partial charge in [-0.15, -0.1) is 0 Å². The summed E-state index contributed by atoms with van der Waals surface area (Å²) in [4.78, 5) is 10.3. The van der Waals surface area contributed by atoms with Gasteiger partial charge in [0.25, 0.3) is 0 Å². The highest BCUT2D eigenvalue weighted by Crippen LogP contribution is 1.86. The van der Waals surface area contributed by atoms with Gasteiger partial charge in [-0.2, -0.15) is 0 Å². The first kappa shape index (κ1) is 9.35. The average Bonchev–Trinajstić information content (AvgIpc) is 1.87. The molecule has 5 heteroatoms. The van der Waals surface area contributed by atoms with E-state index in [0.717, 1.165) is 0 Å². The summed E-state index contributed by atoms with van der Waals surface area (Å²) in [6.45, 7) is -0.185. The molecule has 0 aromatic rings. The Morgan fingerprint density at radius 3 is 2.60 bits per heavy atom. The molecule has 0 radical (unpaired) electrons. The van der Waals surface area contributed by atoms with Crippen molar-refractivity contribution in [2.24, 2.45) is 5.73 Å². The molecular weight excluding hydrogens is 138 g/mol. The van der Waals surface area contributed by atoms with Crippen LogP contribution in [-0.2, 0) is 9.53 Å². The summed E-state index contributed by atoms with van der Waals surface area (Å²) < 4.78 is 4.42. The Labute approximate surface area is 58.4 Å².